The van der Waals surface area contributed by atoms with Gasteiger partial charge in [0.1, 0.15) is 5.82 Å². The van der Waals surface area contributed by atoms with Crippen LogP contribution in [0, 0.1) is 6.92 Å². The molecule has 2 rings (SSSR count). The molecular weight excluding hydrogens is 342 g/mol. The highest BCUT2D eigenvalue weighted by atomic mass is 79.9. The van der Waals surface area contributed by atoms with Gasteiger partial charge in [0.2, 0.25) is 0 Å². The topological polar surface area (TPSA) is 71.1 Å². The first-order valence-corrected chi connectivity index (χ1v) is 8.14. The van der Waals surface area contributed by atoms with Gasteiger partial charge in [-0.25, -0.2) is 13.4 Å². The van der Waals surface area contributed by atoms with Crippen LogP contribution in [0.2, 0.25) is 0 Å². The molecule has 0 fully saturated rings. The number of rotatable bonds is 4. The summed E-state index contributed by atoms with van der Waals surface area (Å²) in [6.07, 6.45) is 0. The number of nitrogens with zero attached hydrogens (tertiary/aromatic N) is 1. The Kier molecular flexibility index (Phi) is 4.29. The molecule has 7 heteroatoms. The maximum atomic E-state index is 12.2. The number of halogens is 1. The first-order valence-electron chi connectivity index (χ1n) is 5.86. The Balaban J connectivity index is 2.27. The number of hydrogen-bond donors (Lipinski definition) is 2. The third-order valence-electron chi connectivity index (χ3n) is 2.71. The van der Waals surface area contributed by atoms with Gasteiger partial charge in [0, 0.05) is 17.2 Å². The standard InChI is InChI=1S/C13H14BrN3O2S/c1-9-12(14)7-8-13(16-9)17-20(18,19)11-5-3-10(15-2)4-6-11/h3-8,15H,1-2H3,(H,16,17). The molecule has 0 aliphatic rings. The minimum Gasteiger partial charge on any atom is -0.388 e. The quantitative estimate of drug-likeness (QED) is 0.884. The minimum absolute atomic E-state index is 0.193. The van der Waals surface area contributed by atoms with E-state index in [0.717, 1.165) is 15.9 Å². The van der Waals surface area contributed by atoms with Gasteiger partial charge in [-0.3, -0.25) is 4.72 Å². The van der Waals surface area contributed by atoms with Crippen LogP contribution in [0.3, 0.4) is 0 Å². The van der Waals surface area contributed by atoms with Crippen molar-refractivity contribution < 1.29 is 8.42 Å². The second-order valence-corrected chi connectivity index (χ2v) is 6.68. The number of sulfonamides is 1. The fourth-order valence-corrected chi connectivity index (χ4v) is 2.82. The third kappa shape index (κ3) is 3.29. The molecule has 0 amide bonds. The fraction of sp³-hybridized carbons (Fsp3) is 0.154. The molecule has 0 bridgehead atoms. The second kappa shape index (κ2) is 5.80. The van der Waals surface area contributed by atoms with Gasteiger partial charge < -0.3 is 5.32 Å². The van der Waals surface area contributed by atoms with Gasteiger partial charge in [0.05, 0.1) is 10.6 Å². The van der Waals surface area contributed by atoms with Crippen LogP contribution in [0.4, 0.5) is 11.5 Å². The van der Waals surface area contributed by atoms with E-state index in [9.17, 15) is 8.42 Å². The Labute approximate surface area is 126 Å². The molecule has 0 spiro atoms. The van der Waals surface area contributed by atoms with E-state index in [0.29, 0.717) is 5.82 Å². The number of hydrogen-bond acceptors (Lipinski definition) is 4. The Morgan fingerprint density at radius 2 is 1.75 bits per heavy atom. The summed E-state index contributed by atoms with van der Waals surface area (Å²) in [5.74, 6) is 0.295. The lowest BCUT2D eigenvalue weighted by molar-refractivity contribution is 0.601. The summed E-state index contributed by atoms with van der Waals surface area (Å²) in [5.41, 5.74) is 1.57. The van der Waals surface area contributed by atoms with Crippen LogP contribution in [0.25, 0.3) is 0 Å². The van der Waals surface area contributed by atoms with Crippen molar-refractivity contribution in [2.75, 3.05) is 17.1 Å². The van der Waals surface area contributed by atoms with Crippen molar-refractivity contribution in [2.24, 2.45) is 0 Å². The predicted molar refractivity (Wildman–Crippen MR) is 83.5 cm³/mol. The van der Waals surface area contributed by atoms with Gasteiger partial charge in [-0.1, -0.05) is 0 Å². The number of pyridine rings is 1. The van der Waals surface area contributed by atoms with Crippen molar-refractivity contribution >= 4 is 37.5 Å². The van der Waals surface area contributed by atoms with Gasteiger partial charge in [-0.05, 0) is 59.3 Å². The third-order valence-corrected chi connectivity index (χ3v) is 4.92. The zero-order chi connectivity index (χ0) is 14.8. The highest BCUT2D eigenvalue weighted by Crippen LogP contribution is 2.20. The van der Waals surface area contributed by atoms with E-state index in [1.165, 1.54) is 0 Å². The molecule has 106 valence electrons. The summed E-state index contributed by atoms with van der Waals surface area (Å²) >= 11 is 3.32. The van der Waals surface area contributed by atoms with Crippen LogP contribution in [-0.2, 0) is 10.0 Å². The largest absolute Gasteiger partial charge is 0.388 e. The Bertz CT molecular complexity index is 715. The van der Waals surface area contributed by atoms with Crippen molar-refractivity contribution in [3.8, 4) is 0 Å². The highest BCUT2D eigenvalue weighted by molar-refractivity contribution is 9.10. The SMILES string of the molecule is CNc1ccc(S(=O)(=O)Nc2ccc(Br)c(C)n2)cc1. The molecule has 1 aromatic heterocycles. The monoisotopic (exact) mass is 355 g/mol. The van der Waals surface area contributed by atoms with E-state index in [4.69, 9.17) is 0 Å². The van der Waals surface area contributed by atoms with Gasteiger partial charge in [-0.2, -0.15) is 0 Å². The summed E-state index contributed by atoms with van der Waals surface area (Å²) in [5, 5.41) is 2.94. The molecule has 0 atom stereocenters. The fourth-order valence-electron chi connectivity index (χ4n) is 1.60. The van der Waals surface area contributed by atoms with Crippen molar-refractivity contribution in [3.63, 3.8) is 0 Å². The van der Waals surface area contributed by atoms with Crippen LogP contribution in [0.5, 0.6) is 0 Å². The first-order chi connectivity index (χ1) is 9.42. The number of aromatic nitrogens is 1. The molecule has 1 aromatic carbocycles. The molecule has 0 radical (unpaired) electrons. The predicted octanol–water partition coefficient (Wildman–Crippen LogP) is 3.00. The van der Waals surface area contributed by atoms with Crippen LogP contribution in [-0.4, -0.2) is 20.4 Å². The smallest absolute Gasteiger partial charge is 0.263 e. The normalized spacial score (nSPS) is 11.2. The lowest BCUT2D eigenvalue weighted by atomic mass is 10.3. The van der Waals surface area contributed by atoms with Crippen molar-refractivity contribution in [1.29, 1.82) is 0 Å². The van der Waals surface area contributed by atoms with E-state index in [1.807, 2.05) is 0 Å². The first kappa shape index (κ1) is 14.8. The molecule has 0 aliphatic carbocycles. The number of nitrogens with one attached hydrogen (secondary N) is 2. The van der Waals surface area contributed by atoms with Crippen LogP contribution < -0.4 is 10.0 Å². The van der Waals surface area contributed by atoms with E-state index in [2.05, 4.69) is 31.0 Å². The Hall–Kier alpha value is -1.60. The molecular formula is C13H14BrN3O2S. The molecule has 0 saturated heterocycles. The van der Waals surface area contributed by atoms with E-state index >= 15 is 0 Å². The Morgan fingerprint density at radius 1 is 1.10 bits per heavy atom. The summed E-state index contributed by atoms with van der Waals surface area (Å²) in [6, 6.07) is 9.85. The van der Waals surface area contributed by atoms with Crippen LogP contribution in [0.15, 0.2) is 45.8 Å². The molecule has 0 unspecified atom stereocenters. The van der Waals surface area contributed by atoms with E-state index in [1.54, 1.807) is 50.4 Å². The number of aryl methyl sites for hydroxylation is 1. The maximum Gasteiger partial charge on any atom is 0.263 e. The number of anilines is 2. The maximum absolute atomic E-state index is 12.2. The summed E-state index contributed by atoms with van der Waals surface area (Å²) in [6.45, 7) is 1.80. The van der Waals surface area contributed by atoms with Gasteiger partial charge >= 0.3 is 0 Å². The second-order valence-electron chi connectivity index (χ2n) is 4.14. The Morgan fingerprint density at radius 3 is 2.30 bits per heavy atom. The molecule has 5 nitrogen and oxygen atoms in total. The van der Waals surface area contributed by atoms with Gasteiger partial charge in [-0.15, -0.1) is 0 Å². The van der Waals surface area contributed by atoms with Crippen molar-refractivity contribution in [1.82, 2.24) is 4.98 Å². The van der Waals surface area contributed by atoms with E-state index < -0.39 is 10.0 Å². The summed E-state index contributed by atoms with van der Waals surface area (Å²) < 4.78 is 27.7. The average molecular weight is 356 g/mol. The average Bonchev–Trinajstić information content (AvgIpc) is 2.43. The van der Waals surface area contributed by atoms with Crippen LogP contribution in [0.1, 0.15) is 5.69 Å². The number of benzene rings is 1. The zero-order valence-corrected chi connectivity index (χ0v) is 13.4. The minimum atomic E-state index is -3.62. The lowest BCUT2D eigenvalue weighted by Gasteiger charge is -2.09. The molecule has 1 heterocycles. The van der Waals surface area contributed by atoms with Crippen LogP contribution >= 0.6 is 15.9 Å². The van der Waals surface area contributed by atoms with Crippen molar-refractivity contribution in [3.05, 3.63) is 46.6 Å². The summed E-state index contributed by atoms with van der Waals surface area (Å²) in [4.78, 5) is 4.36. The van der Waals surface area contributed by atoms with Gasteiger partial charge in [0.15, 0.2) is 0 Å². The van der Waals surface area contributed by atoms with Crippen molar-refractivity contribution in [2.45, 2.75) is 11.8 Å². The summed E-state index contributed by atoms with van der Waals surface area (Å²) in [7, 11) is -1.85. The van der Waals surface area contributed by atoms with Gasteiger partial charge in [0.25, 0.3) is 10.0 Å². The molecule has 0 aliphatic heterocycles. The molecule has 2 aromatic rings. The highest BCUT2D eigenvalue weighted by Gasteiger charge is 2.15. The zero-order valence-electron chi connectivity index (χ0n) is 11.0. The van der Waals surface area contributed by atoms with E-state index in [-0.39, 0.29) is 4.90 Å². The molecule has 0 saturated carbocycles. The molecule has 20 heavy (non-hydrogen) atoms. The molecule has 2 N–H and O–H groups in total. The lowest BCUT2D eigenvalue weighted by Crippen LogP contribution is -2.14.